The van der Waals surface area contributed by atoms with E-state index in [4.69, 9.17) is 4.74 Å². The van der Waals surface area contributed by atoms with Crippen LogP contribution in [0.5, 0.6) is 0 Å². The Morgan fingerprint density at radius 3 is 2.65 bits per heavy atom. The van der Waals surface area contributed by atoms with E-state index in [1.807, 2.05) is 11.0 Å². The molecule has 1 aromatic heterocycles. The highest BCUT2D eigenvalue weighted by molar-refractivity contribution is 7.21. The van der Waals surface area contributed by atoms with Crippen LogP contribution in [0.15, 0.2) is 18.2 Å². The minimum absolute atomic E-state index is 0.0173. The van der Waals surface area contributed by atoms with Crippen molar-refractivity contribution in [2.45, 2.75) is 38.3 Å². The molecule has 0 bridgehead atoms. The topological polar surface area (TPSA) is 32.8 Å². The van der Waals surface area contributed by atoms with Crippen molar-refractivity contribution in [2.24, 2.45) is 0 Å². The van der Waals surface area contributed by atoms with E-state index in [9.17, 15) is 9.18 Å². The average Bonchev–Trinajstić information content (AvgIpc) is 3.31. The Kier molecular flexibility index (Phi) is 5.25. The van der Waals surface area contributed by atoms with Gasteiger partial charge in [-0.15, -0.1) is 11.3 Å². The number of rotatable bonds is 4. The van der Waals surface area contributed by atoms with Gasteiger partial charge in [-0.3, -0.25) is 9.69 Å². The Bertz CT molecular complexity index is 792. The molecule has 1 saturated heterocycles. The Morgan fingerprint density at radius 1 is 1.23 bits per heavy atom. The van der Waals surface area contributed by atoms with E-state index < -0.39 is 0 Å². The SMILES string of the molecule is COCc1c(C(=O)N2CCN(C3CCCC3)CC2)sc2cccc(F)c12. The van der Waals surface area contributed by atoms with Gasteiger partial charge in [0.2, 0.25) is 0 Å². The maximum atomic E-state index is 14.3. The molecule has 6 heteroatoms. The number of benzene rings is 1. The number of halogens is 1. The second-order valence-electron chi connectivity index (χ2n) is 7.22. The first-order chi connectivity index (χ1) is 12.7. The minimum atomic E-state index is -0.282. The molecule has 1 amide bonds. The number of methoxy groups -OCH3 is 1. The summed E-state index contributed by atoms with van der Waals surface area (Å²) in [6.45, 7) is 3.63. The predicted octanol–water partition coefficient (Wildman–Crippen LogP) is 3.89. The fourth-order valence-electron chi connectivity index (χ4n) is 4.33. The minimum Gasteiger partial charge on any atom is -0.380 e. The molecule has 0 unspecified atom stereocenters. The normalized spacial score (nSPS) is 19.5. The van der Waals surface area contributed by atoms with Crippen molar-refractivity contribution >= 4 is 27.3 Å². The van der Waals surface area contributed by atoms with Gasteiger partial charge < -0.3 is 9.64 Å². The summed E-state index contributed by atoms with van der Waals surface area (Å²) < 4.78 is 20.4. The molecule has 1 aromatic carbocycles. The van der Waals surface area contributed by atoms with E-state index in [2.05, 4.69) is 4.90 Å². The molecule has 0 spiro atoms. The summed E-state index contributed by atoms with van der Waals surface area (Å²) in [6.07, 6.45) is 5.25. The first-order valence-electron chi connectivity index (χ1n) is 9.41. The third kappa shape index (κ3) is 3.26. The standard InChI is InChI=1S/C20H25FN2O2S/c1-25-13-15-18-16(21)7-4-8-17(18)26-19(15)20(24)23-11-9-22(10-12-23)14-5-2-3-6-14/h4,7-8,14H,2-3,5-6,9-13H2,1H3. The van der Waals surface area contributed by atoms with Gasteiger partial charge in [0.1, 0.15) is 5.82 Å². The van der Waals surface area contributed by atoms with Gasteiger partial charge in [0, 0.05) is 55.0 Å². The maximum absolute atomic E-state index is 14.3. The van der Waals surface area contributed by atoms with Crippen LogP contribution in [0.3, 0.4) is 0 Å². The zero-order valence-electron chi connectivity index (χ0n) is 15.2. The van der Waals surface area contributed by atoms with Crippen LogP contribution in [0.4, 0.5) is 4.39 Å². The smallest absolute Gasteiger partial charge is 0.264 e. The summed E-state index contributed by atoms with van der Waals surface area (Å²) in [7, 11) is 1.58. The molecule has 0 N–H and O–H groups in total. The summed E-state index contributed by atoms with van der Waals surface area (Å²) in [5.74, 6) is -0.264. The quantitative estimate of drug-likeness (QED) is 0.812. The molecule has 1 aliphatic heterocycles. The number of hydrogen-bond acceptors (Lipinski definition) is 4. The van der Waals surface area contributed by atoms with Crippen molar-refractivity contribution in [3.8, 4) is 0 Å². The predicted molar refractivity (Wildman–Crippen MR) is 102 cm³/mol. The Hall–Kier alpha value is -1.50. The van der Waals surface area contributed by atoms with Crippen molar-refractivity contribution in [3.63, 3.8) is 0 Å². The van der Waals surface area contributed by atoms with Crippen LogP contribution >= 0.6 is 11.3 Å². The lowest BCUT2D eigenvalue weighted by Crippen LogP contribution is -2.51. The van der Waals surface area contributed by atoms with E-state index >= 15 is 0 Å². The van der Waals surface area contributed by atoms with Crippen molar-refractivity contribution in [2.75, 3.05) is 33.3 Å². The highest BCUT2D eigenvalue weighted by atomic mass is 32.1. The van der Waals surface area contributed by atoms with Crippen molar-refractivity contribution < 1.29 is 13.9 Å². The fraction of sp³-hybridized carbons (Fsp3) is 0.550. The van der Waals surface area contributed by atoms with E-state index in [1.54, 1.807) is 13.2 Å². The molecular formula is C20H25FN2O2S. The van der Waals surface area contributed by atoms with Crippen LogP contribution in [0.1, 0.15) is 40.9 Å². The van der Waals surface area contributed by atoms with Gasteiger partial charge in [0.05, 0.1) is 11.5 Å². The first kappa shape index (κ1) is 17.9. The van der Waals surface area contributed by atoms with Gasteiger partial charge in [-0.1, -0.05) is 18.9 Å². The number of amides is 1. The summed E-state index contributed by atoms with van der Waals surface area (Å²) in [4.78, 5) is 18.2. The molecule has 4 nitrogen and oxygen atoms in total. The van der Waals surface area contributed by atoms with E-state index in [0.29, 0.717) is 21.9 Å². The molecule has 140 valence electrons. The largest absolute Gasteiger partial charge is 0.380 e. The van der Waals surface area contributed by atoms with Gasteiger partial charge in [-0.2, -0.15) is 0 Å². The second kappa shape index (κ2) is 7.62. The van der Waals surface area contributed by atoms with Gasteiger partial charge in [-0.25, -0.2) is 4.39 Å². The molecule has 26 heavy (non-hydrogen) atoms. The maximum Gasteiger partial charge on any atom is 0.264 e. The number of nitrogens with zero attached hydrogens (tertiary/aromatic N) is 2. The Labute approximate surface area is 157 Å². The summed E-state index contributed by atoms with van der Waals surface area (Å²) in [6, 6.07) is 5.72. The molecule has 2 aliphatic rings. The van der Waals surface area contributed by atoms with Crippen LogP contribution in [0.25, 0.3) is 10.1 Å². The average molecular weight is 376 g/mol. The Balaban J connectivity index is 1.55. The van der Waals surface area contributed by atoms with Crippen molar-refractivity contribution in [1.29, 1.82) is 0 Å². The lowest BCUT2D eigenvalue weighted by Gasteiger charge is -2.38. The van der Waals surface area contributed by atoms with Gasteiger partial charge >= 0.3 is 0 Å². The van der Waals surface area contributed by atoms with E-state index in [0.717, 1.165) is 30.9 Å². The monoisotopic (exact) mass is 376 g/mol. The van der Waals surface area contributed by atoms with Gasteiger partial charge in [0.25, 0.3) is 5.91 Å². The lowest BCUT2D eigenvalue weighted by atomic mass is 10.1. The second-order valence-corrected chi connectivity index (χ2v) is 8.27. The Morgan fingerprint density at radius 2 is 1.96 bits per heavy atom. The number of carbonyl (C=O) groups is 1. The molecule has 2 aromatic rings. The molecule has 2 heterocycles. The number of thiophene rings is 1. The summed E-state index contributed by atoms with van der Waals surface area (Å²) in [5, 5.41) is 0.535. The molecule has 0 radical (unpaired) electrons. The van der Waals surface area contributed by atoms with Crippen LogP contribution in [0, 0.1) is 5.82 Å². The van der Waals surface area contributed by atoms with Crippen molar-refractivity contribution in [1.82, 2.24) is 9.80 Å². The molecule has 0 atom stereocenters. The summed E-state index contributed by atoms with van der Waals surface area (Å²) >= 11 is 1.38. The molecular weight excluding hydrogens is 351 g/mol. The van der Waals surface area contributed by atoms with Crippen molar-refractivity contribution in [3.05, 3.63) is 34.5 Å². The summed E-state index contributed by atoms with van der Waals surface area (Å²) in [5.41, 5.74) is 0.689. The van der Waals surface area contributed by atoms with Gasteiger partial charge in [0.15, 0.2) is 0 Å². The van der Waals surface area contributed by atoms with Crippen LogP contribution in [-0.4, -0.2) is 55.0 Å². The number of carbonyl (C=O) groups excluding carboxylic acids is 1. The van der Waals surface area contributed by atoms with Crippen LogP contribution in [0.2, 0.25) is 0 Å². The third-order valence-electron chi connectivity index (χ3n) is 5.69. The number of hydrogen-bond donors (Lipinski definition) is 0. The molecule has 4 rings (SSSR count). The number of fused-ring (bicyclic) bond motifs is 1. The molecule has 1 saturated carbocycles. The highest BCUT2D eigenvalue weighted by Crippen LogP contribution is 2.35. The van der Waals surface area contributed by atoms with Gasteiger partial charge in [-0.05, 0) is 25.0 Å². The molecule has 2 fully saturated rings. The van der Waals surface area contributed by atoms with Crippen LogP contribution < -0.4 is 0 Å². The third-order valence-corrected chi connectivity index (χ3v) is 6.87. The van der Waals surface area contributed by atoms with E-state index in [-0.39, 0.29) is 18.3 Å². The number of ether oxygens (including phenoxy) is 1. The first-order valence-corrected chi connectivity index (χ1v) is 10.2. The lowest BCUT2D eigenvalue weighted by molar-refractivity contribution is 0.0574. The van der Waals surface area contributed by atoms with Crippen LogP contribution in [-0.2, 0) is 11.3 Å². The fourth-order valence-corrected chi connectivity index (χ4v) is 5.52. The number of piperazine rings is 1. The zero-order valence-corrected chi connectivity index (χ0v) is 16.0. The molecule has 1 aliphatic carbocycles. The van der Waals surface area contributed by atoms with E-state index in [1.165, 1.54) is 43.1 Å². The highest BCUT2D eigenvalue weighted by Gasteiger charge is 2.30. The zero-order chi connectivity index (χ0) is 18.1.